The molecule has 0 aromatic carbocycles. The molecule has 1 amide bonds. The molecule has 0 radical (unpaired) electrons. The topological polar surface area (TPSA) is 59.8 Å². The number of carbonyl (C=O) groups excluding carboxylic acids is 2. The van der Waals surface area contributed by atoms with Crippen molar-refractivity contribution in [1.82, 2.24) is 5.32 Å². The molecule has 6 heteroatoms. The number of hydrogen-bond acceptors (Lipinski definition) is 4. The van der Waals surface area contributed by atoms with Crippen LogP contribution < -0.4 is 10.2 Å². The summed E-state index contributed by atoms with van der Waals surface area (Å²) in [5.74, 6) is 1.44. The van der Waals surface area contributed by atoms with Crippen LogP contribution in [0.2, 0.25) is 0 Å². The van der Waals surface area contributed by atoms with Gasteiger partial charge in [0.25, 0.3) is 5.91 Å². The summed E-state index contributed by atoms with van der Waals surface area (Å²) in [7, 11) is 1.42. The molecule has 0 aromatic heterocycles. The molecule has 4 atom stereocenters. The molecular weight excluding hydrogens is 288 g/mol. The van der Waals surface area contributed by atoms with Crippen LogP contribution in [0.4, 0.5) is 0 Å². The summed E-state index contributed by atoms with van der Waals surface area (Å²) >= 11 is 1.64. The quantitative estimate of drug-likeness (QED) is 0.709. The Labute approximate surface area is 131 Å². The maximum absolute atomic E-state index is 12.2. The van der Waals surface area contributed by atoms with Crippen LogP contribution in [-0.4, -0.2) is 55.7 Å². The summed E-state index contributed by atoms with van der Waals surface area (Å²) in [6, 6.07) is 0.334. The van der Waals surface area contributed by atoms with E-state index in [0.29, 0.717) is 25.0 Å². The van der Waals surface area contributed by atoms with E-state index in [-0.39, 0.29) is 17.1 Å². The van der Waals surface area contributed by atoms with Gasteiger partial charge in [-0.15, -0.1) is 11.8 Å². The van der Waals surface area contributed by atoms with Crippen molar-refractivity contribution in [1.29, 1.82) is 0 Å². The Morgan fingerprint density at radius 3 is 2.81 bits per heavy atom. The lowest BCUT2D eigenvalue weighted by atomic mass is 9.86. The van der Waals surface area contributed by atoms with Crippen molar-refractivity contribution in [2.24, 2.45) is 5.92 Å². The predicted molar refractivity (Wildman–Crippen MR) is 83.4 cm³/mol. The van der Waals surface area contributed by atoms with E-state index >= 15 is 0 Å². The summed E-state index contributed by atoms with van der Waals surface area (Å²) in [5, 5.41) is 3.07. The zero-order valence-corrected chi connectivity index (χ0v) is 13.8. The summed E-state index contributed by atoms with van der Waals surface area (Å²) in [4.78, 5) is 25.0. The van der Waals surface area contributed by atoms with Gasteiger partial charge in [0.05, 0.1) is 13.7 Å². The van der Waals surface area contributed by atoms with E-state index in [1.165, 1.54) is 31.3 Å². The Bertz CT molecular complexity index is 378. The lowest BCUT2D eigenvalue weighted by Crippen LogP contribution is -3.15. The lowest BCUT2D eigenvalue weighted by Gasteiger charge is -2.31. The molecule has 1 unspecified atom stereocenters. The van der Waals surface area contributed by atoms with Gasteiger partial charge in [0.15, 0.2) is 11.8 Å². The van der Waals surface area contributed by atoms with Gasteiger partial charge in [-0.25, -0.2) is 0 Å². The number of quaternary nitrogens is 1. The molecule has 0 aromatic rings. The average Bonchev–Trinajstić information content (AvgIpc) is 2.49. The second kappa shape index (κ2) is 8.03. The van der Waals surface area contributed by atoms with E-state index in [1.54, 1.807) is 11.8 Å². The molecule has 2 aliphatic rings. The van der Waals surface area contributed by atoms with Gasteiger partial charge >= 0.3 is 5.97 Å². The Hall–Kier alpha value is -0.750. The van der Waals surface area contributed by atoms with Gasteiger partial charge < -0.3 is 15.0 Å². The smallest absolute Gasteiger partial charge is 0.324 e. The Morgan fingerprint density at radius 1 is 1.33 bits per heavy atom. The number of rotatable bonds is 4. The van der Waals surface area contributed by atoms with Crippen LogP contribution in [0.1, 0.15) is 32.6 Å². The van der Waals surface area contributed by atoms with E-state index in [4.69, 9.17) is 4.74 Å². The first-order chi connectivity index (χ1) is 10.1. The molecule has 5 nitrogen and oxygen atoms in total. The van der Waals surface area contributed by atoms with Gasteiger partial charge in [-0.1, -0.05) is 19.8 Å². The molecular formula is C15H27N2O3S+. The minimum atomic E-state index is -0.168. The average molecular weight is 315 g/mol. The highest BCUT2D eigenvalue weighted by Gasteiger charge is 2.32. The van der Waals surface area contributed by atoms with Crippen LogP contribution >= 0.6 is 11.8 Å². The Balaban J connectivity index is 1.77. The highest BCUT2D eigenvalue weighted by Crippen LogP contribution is 2.23. The molecule has 1 saturated heterocycles. The van der Waals surface area contributed by atoms with Gasteiger partial charge in [0.1, 0.15) is 6.54 Å². The second-order valence-electron chi connectivity index (χ2n) is 6.20. The van der Waals surface area contributed by atoms with Gasteiger partial charge in [-0.05, 0) is 18.8 Å². The number of nitrogens with one attached hydrogen (secondary N) is 2. The highest BCUT2D eigenvalue weighted by atomic mass is 32.2. The largest absolute Gasteiger partial charge is 0.468 e. The minimum absolute atomic E-state index is 0.124. The maximum Gasteiger partial charge on any atom is 0.324 e. The van der Waals surface area contributed by atoms with E-state index in [0.717, 1.165) is 18.7 Å². The summed E-state index contributed by atoms with van der Waals surface area (Å²) in [6.45, 7) is 4.32. The zero-order valence-electron chi connectivity index (χ0n) is 13.0. The molecule has 2 N–H and O–H groups in total. The van der Waals surface area contributed by atoms with Crippen LogP contribution in [0, 0.1) is 5.92 Å². The molecule has 1 aliphatic carbocycles. The van der Waals surface area contributed by atoms with Crippen LogP contribution in [-0.2, 0) is 14.3 Å². The molecule has 1 heterocycles. The molecule has 1 aliphatic heterocycles. The first-order valence-electron chi connectivity index (χ1n) is 7.92. The number of ether oxygens (including phenoxy) is 1. The van der Waals surface area contributed by atoms with Crippen molar-refractivity contribution >= 4 is 23.6 Å². The molecule has 0 bridgehead atoms. The van der Waals surface area contributed by atoms with Crippen LogP contribution in [0.25, 0.3) is 0 Å². The number of esters is 1. The summed E-state index contributed by atoms with van der Waals surface area (Å²) < 4.78 is 4.80. The molecule has 120 valence electrons. The van der Waals surface area contributed by atoms with Gasteiger partial charge in [0, 0.05) is 11.8 Å². The van der Waals surface area contributed by atoms with E-state index in [9.17, 15) is 9.59 Å². The second-order valence-corrected chi connectivity index (χ2v) is 7.51. The SMILES string of the molecule is COC(=O)[C@@H]1C[NH+](CC(=O)N[C@H]2CCCC[C@@H]2C)CCS1. The van der Waals surface area contributed by atoms with Crippen LogP contribution in [0.3, 0.4) is 0 Å². The normalized spacial score (nSPS) is 33.2. The summed E-state index contributed by atoms with van der Waals surface area (Å²) in [5.41, 5.74) is 0. The third-order valence-electron chi connectivity index (χ3n) is 4.58. The van der Waals surface area contributed by atoms with Crippen molar-refractivity contribution < 1.29 is 19.2 Å². The van der Waals surface area contributed by atoms with Crippen molar-refractivity contribution in [2.75, 3.05) is 32.5 Å². The van der Waals surface area contributed by atoms with Gasteiger partial charge in [-0.3, -0.25) is 9.59 Å². The maximum atomic E-state index is 12.2. The number of methoxy groups -OCH3 is 1. The molecule has 0 spiro atoms. The highest BCUT2D eigenvalue weighted by molar-refractivity contribution is 8.00. The van der Waals surface area contributed by atoms with Gasteiger partial charge in [-0.2, -0.15) is 0 Å². The first kappa shape index (κ1) is 16.6. The fourth-order valence-electron chi connectivity index (χ4n) is 3.23. The zero-order chi connectivity index (χ0) is 15.2. The molecule has 2 fully saturated rings. The van der Waals surface area contributed by atoms with E-state index in [1.807, 2.05) is 0 Å². The van der Waals surface area contributed by atoms with Crippen LogP contribution in [0.5, 0.6) is 0 Å². The fourth-order valence-corrected chi connectivity index (χ4v) is 4.50. The van der Waals surface area contributed by atoms with E-state index < -0.39 is 0 Å². The van der Waals surface area contributed by atoms with Crippen molar-refractivity contribution in [2.45, 2.75) is 43.9 Å². The molecule has 21 heavy (non-hydrogen) atoms. The number of hydrogen-bond donors (Lipinski definition) is 2. The van der Waals surface area contributed by atoms with Crippen LogP contribution in [0.15, 0.2) is 0 Å². The first-order valence-corrected chi connectivity index (χ1v) is 8.97. The number of thioether (sulfide) groups is 1. The van der Waals surface area contributed by atoms with Crippen molar-refractivity contribution in [3.05, 3.63) is 0 Å². The lowest BCUT2D eigenvalue weighted by molar-refractivity contribution is -0.889. The van der Waals surface area contributed by atoms with E-state index in [2.05, 4.69) is 12.2 Å². The minimum Gasteiger partial charge on any atom is -0.468 e. The number of amides is 1. The van der Waals surface area contributed by atoms with Gasteiger partial charge in [0.2, 0.25) is 0 Å². The standard InChI is InChI=1S/C15H26N2O3S/c1-11-5-3-4-6-12(11)16-14(18)10-17-7-8-21-13(9-17)15(19)20-2/h11-13H,3-10H2,1-2H3,(H,16,18)/p+1/t11-,12-,13-/m0/s1. The number of carbonyl (C=O) groups is 2. The molecule has 1 saturated carbocycles. The summed E-state index contributed by atoms with van der Waals surface area (Å²) in [6.07, 6.45) is 4.81. The predicted octanol–water partition coefficient (Wildman–Crippen LogP) is -0.145. The van der Waals surface area contributed by atoms with Crippen molar-refractivity contribution in [3.63, 3.8) is 0 Å². The monoisotopic (exact) mass is 315 g/mol. The Kier molecular flexibility index (Phi) is 6.36. The molecule has 2 rings (SSSR count). The fraction of sp³-hybridized carbons (Fsp3) is 0.867. The van der Waals surface area contributed by atoms with Crippen molar-refractivity contribution in [3.8, 4) is 0 Å². The third-order valence-corrected chi connectivity index (χ3v) is 5.78. The third kappa shape index (κ3) is 4.88. The Morgan fingerprint density at radius 2 is 2.10 bits per heavy atom.